The van der Waals surface area contributed by atoms with Gasteiger partial charge < -0.3 is 24.7 Å². The molecule has 10 heteroatoms. The molecular weight excluding hydrogens is 508 g/mol. The number of aromatic nitrogens is 1. The van der Waals surface area contributed by atoms with Crippen molar-refractivity contribution in [2.75, 3.05) is 27.4 Å². The van der Waals surface area contributed by atoms with Crippen molar-refractivity contribution >= 4 is 40.7 Å². The van der Waals surface area contributed by atoms with Gasteiger partial charge in [-0.1, -0.05) is 36.4 Å². The van der Waals surface area contributed by atoms with E-state index >= 15 is 0 Å². The van der Waals surface area contributed by atoms with Gasteiger partial charge in [0, 0.05) is 11.1 Å². The number of carbonyl (C=O) groups excluding carboxylic acids is 2. The molecule has 0 amide bonds. The molecule has 0 bridgehead atoms. The number of hydrogen-bond donors (Lipinski definition) is 1. The van der Waals surface area contributed by atoms with Gasteiger partial charge in [0.15, 0.2) is 0 Å². The second-order valence-corrected chi connectivity index (χ2v) is 9.16. The van der Waals surface area contributed by atoms with Crippen LogP contribution >= 0.6 is 11.3 Å². The van der Waals surface area contributed by atoms with Crippen molar-refractivity contribution in [2.45, 2.75) is 19.8 Å². The van der Waals surface area contributed by atoms with Gasteiger partial charge in [-0.2, -0.15) is 0 Å². The van der Waals surface area contributed by atoms with Crippen molar-refractivity contribution in [2.24, 2.45) is 5.73 Å². The van der Waals surface area contributed by atoms with Gasteiger partial charge in [-0.3, -0.25) is 9.36 Å². The summed E-state index contributed by atoms with van der Waals surface area (Å²) in [6.07, 6.45) is 1.66. The summed E-state index contributed by atoms with van der Waals surface area (Å²) in [4.78, 5) is 40.5. The van der Waals surface area contributed by atoms with E-state index in [0.717, 1.165) is 11.3 Å². The second-order valence-electron chi connectivity index (χ2n) is 8.13. The van der Waals surface area contributed by atoms with Crippen LogP contribution in [0.2, 0.25) is 0 Å². The van der Waals surface area contributed by atoms with Crippen molar-refractivity contribution in [1.82, 2.24) is 4.57 Å². The predicted molar refractivity (Wildman–Crippen MR) is 144 cm³/mol. The van der Waals surface area contributed by atoms with Crippen LogP contribution in [0.4, 0.5) is 0 Å². The molecule has 1 aliphatic heterocycles. The number of nitrogens with two attached hydrogens (primary N) is 1. The summed E-state index contributed by atoms with van der Waals surface area (Å²) in [5, 5.41) is 0. The summed E-state index contributed by atoms with van der Waals surface area (Å²) in [6.45, 7) is 3.50. The third-order valence-electron chi connectivity index (χ3n) is 6.01. The first-order valence-electron chi connectivity index (χ1n) is 12.0. The molecule has 2 N–H and O–H groups in total. The van der Waals surface area contributed by atoms with E-state index in [4.69, 9.17) is 24.7 Å². The van der Waals surface area contributed by atoms with Crippen LogP contribution in [0.5, 0.6) is 11.5 Å². The van der Waals surface area contributed by atoms with Crippen LogP contribution in [-0.4, -0.2) is 43.9 Å². The SMILES string of the molecule is CCOC(=O)C1=C(N)n2c(s/c(=C\c3ccccc3OC)c2=O)=C(C(=O)OCC)[C@H]1c1ccccc1OC. The first-order valence-corrected chi connectivity index (χ1v) is 12.8. The predicted octanol–water partition coefficient (Wildman–Crippen LogP) is 1.96. The second kappa shape index (κ2) is 11.4. The molecule has 1 atom stereocenters. The zero-order valence-corrected chi connectivity index (χ0v) is 22.3. The van der Waals surface area contributed by atoms with Crippen molar-refractivity contribution in [1.29, 1.82) is 0 Å². The minimum absolute atomic E-state index is 0.0457. The van der Waals surface area contributed by atoms with Crippen LogP contribution in [0.25, 0.3) is 17.5 Å². The Hall–Kier alpha value is -4.31. The molecule has 0 spiro atoms. The van der Waals surface area contributed by atoms with Crippen LogP contribution < -0.4 is 30.0 Å². The molecule has 9 nitrogen and oxygen atoms in total. The Kier molecular flexibility index (Phi) is 8.02. The van der Waals surface area contributed by atoms with Crippen LogP contribution in [0.1, 0.15) is 30.9 Å². The summed E-state index contributed by atoms with van der Waals surface area (Å²) >= 11 is 1.08. The van der Waals surface area contributed by atoms with Crippen molar-refractivity contribution in [3.05, 3.63) is 84.8 Å². The van der Waals surface area contributed by atoms with Crippen molar-refractivity contribution in [3.8, 4) is 11.5 Å². The number of hydrogen-bond acceptors (Lipinski definition) is 9. The maximum absolute atomic E-state index is 13.7. The van der Waals surface area contributed by atoms with Gasteiger partial charge in [0.05, 0.1) is 49.0 Å². The molecular formula is C28H28N2O7S. The van der Waals surface area contributed by atoms with Gasteiger partial charge in [0.2, 0.25) is 0 Å². The zero-order valence-electron chi connectivity index (χ0n) is 21.5. The lowest BCUT2D eigenvalue weighted by Gasteiger charge is -2.28. The Bertz CT molecular complexity index is 1600. The Morgan fingerprint density at radius 3 is 2.13 bits per heavy atom. The number of nitrogens with zero attached hydrogens (tertiary/aromatic N) is 1. The van der Waals surface area contributed by atoms with Crippen LogP contribution in [0.15, 0.2) is 58.9 Å². The Morgan fingerprint density at radius 1 is 0.921 bits per heavy atom. The van der Waals surface area contributed by atoms with E-state index in [0.29, 0.717) is 22.6 Å². The summed E-state index contributed by atoms with van der Waals surface area (Å²) in [7, 11) is 3.03. The van der Waals surface area contributed by atoms with E-state index in [-0.39, 0.29) is 39.4 Å². The number of benzene rings is 2. The van der Waals surface area contributed by atoms with Crippen LogP contribution in [-0.2, 0) is 19.1 Å². The number of rotatable bonds is 8. The molecule has 1 aliphatic rings. The fourth-order valence-corrected chi connectivity index (χ4v) is 5.56. The topological polar surface area (TPSA) is 119 Å². The van der Waals surface area contributed by atoms with Crippen molar-refractivity contribution < 1.29 is 28.5 Å². The van der Waals surface area contributed by atoms with Crippen molar-refractivity contribution in [3.63, 3.8) is 0 Å². The fourth-order valence-electron chi connectivity index (χ4n) is 4.41. The molecule has 198 valence electrons. The molecule has 1 aromatic heterocycles. The first kappa shape index (κ1) is 26.7. The molecule has 2 aromatic carbocycles. The van der Waals surface area contributed by atoms with E-state index in [1.54, 1.807) is 56.3 Å². The van der Waals surface area contributed by atoms with Gasteiger partial charge in [-0.15, -0.1) is 11.3 Å². The molecule has 0 saturated heterocycles. The average Bonchev–Trinajstić information content (AvgIpc) is 3.24. The highest BCUT2D eigenvalue weighted by Crippen LogP contribution is 2.41. The summed E-state index contributed by atoms with van der Waals surface area (Å²) in [6, 6.07) is 14.2. The number of thiazole rings is 1. The average molecular weight is 537 g/mol. The number of carbonyl (C=O) groups is 2. The number of methoxy groups -OCH3 is 2. The van der Waals surface area contributed by atoms with Crippen LogP contribution in [0, 0.1) is 0 Å². The molecule has 0 radical (unpaired) electrons. The highest BCUT2D eigenvalue weighted by molar-refractivity contribution is 7.07. The fraction of sp³-hybridized carbons (Fsp3) is 0.250. The van der Waals surface area contributed by atoms with Crippen LogP contribution in [0.3, 0.4) is 0 Å². The lowest BCUT2D eigenvalue weighted by atomic mass is 9.82. The van der Waals surface area contributed by atoms with Gasteiger partial charge in [-0.05, 0) is 32.1 Å². The van der Waals surface area contributed by atoms with E-state index in [2.05, 4.69) is 0 Å². The van der Waals surface area contributed by atoms with E-state index in [9.17, 15) is 14.4 Å². The van der Waals surface area contributed by atoms with Gasteiger partial charge in [0.1, 0.15) is 22.0 Å². The monoisotopic (exact) mass is 536 g/mol. The molecule has 3 aromatic rings. The summed E-state index contributed by atoms with van der Waals surface area (Å²) < 4.78 is 23.5. The highest BCUT2D eigenvalue weighted by atomic mass is 32.1. The third-order valence-corrected chi connectivity index (χ3v) is 7.12. The maximum atomic E-state index is 13.7. The molecule has 4 rings (SSSR count). The number of esters is 2. The minimum Gasteiger partial charge on any atom is -0.496 e. The zero-order chi connectivity index (χ0) is 27.4. The number of para-hydroxylation sites is 2. The Labute approximate surface area is 223 Å². The standard InChI is InChI=1S/C28H28N2O7S/c1-5-36-27(32)22-21(17-12-8-10-14-19(17)35-4)23(28(33)37-6-2)26-30(24(22)29)25(31)20(38-26)15-16-11-7-9-13-18(16)34-3/h7-15,21H,5-6,29H2,1-4H3/b20-15-/t21-/m0/s1. The Balaban J connectivity index is 2.15. The molecule has 0 fully saturated rings. The molecule has 38 heavy (non-hydrogen) atoms. The van der Waals surface area contributed by atoms with E-state index in [1.165, 1.54) is 18.8 Å². The third kappa shape index (κ3) is 4.70. The normalized spacial score (nSPS) is 15.2. The quantitative estimate of drug-likeness (QED) is 0.434. The maximum Gasteiger partial charge on any atom is 0.338 e. The molecule has 0 unspecified atom stereocenters. The number of fused-ring (bicyclic) bond motifs is 1. The molecule has 2 heterocycles. The Morgan fingerprint density at radius 2 is 1.50 bits per heavy atom. The van der Waals surface area contributed by atoms with Gasteiger partial charge in [0.25, 0.3) is 5.56 Å². The lowest BCUT2D eigenvalue weighted by molar-refractivity contribution is -0.138. The van der Waals surface area contributed by atoms with Gasteiger partial charge >= 0.3 is 11.9 Å². The first-order chi connectivity index (χ1) is 18.4. The highest BCUT2D eigenvalue weighted by Gasteiger charge is 2.41. The van der Waals surface area contributed by atoms with E-state index < -0.39 is 23.4 Å². The summed E-state index contributed by atoms with van der Waals surface area (Å²) in [5.74, 6) is -1.55. The minimum atomic E-state index is -0.999. The summed E-state index contributed by atoms with van der Waals surface area (Å²) in [5.41, 5.74) is 7.27. The lowest BCUT2D eigenvalue weighted by Crippen LogP contribution is -2.42. The van der Waals surface area contributed by atoms with Gasteiger partial charge in [-0.25, -0.2) is 9.59 Å². The van der Waals surface area contributed by atoms with E-state index in [1.807, 2.05) is 12.1 Å². The largest absolute Gasteiger partial charge is 0.496 e. The number of ether oxygens (including phenoxy) is 4. The molecule has 0 aliphatic carbocycles. The smallest absolute Gasteiger partial charge is 0.338 e. The molecule has 0 saturated carbocycles.